The number of nitrogens with zero attached hydrogens (tertiary/aromatic N) is 2. The number of hydrogen-bond donors (Lipinski definition) is 1. The standard InChI is InChI=1S/C19H28ClN3O3/c1-14(2)12-21-17(24)13-22-8-10-23(11-9-22)18(19(25)26-3)15-4-6-16(20)7-5-15/h4-7,14,18H,8-13H2,1-3H3,(H,21,24). The van der Waals surface area contributed by atoms with Crippen LogP contribution in [0.25, 0.3) is 0 Å². The van der Waals surface area contributed by atoms with E-state index >= 15 is 0 Å². The summed E-state index contributed by atoms with van der Waals surface area (Å²) >= 11 is 5.95. The van der Waals surface area contributed by atoms with E-state index in [2.05, 4.69) is 29.0 Å². The highest BCUT2D eigenvalue weighted by molar-refractivity contribution is 6.30. The molecule has 0 saturated carbocycles. The summed E-state index contributed by atoms with van der Waals surface area (Å²) < 4.78 is 5.00. The van der Waals surface area contributed by atoms with Crippen LogP contribution in [0.4, 0.5) is 0 Å². The number of benzene rings is 1. The Bertz CT molecular complexity index is 599. The summed E-state index contributed by atoms with van der Waals surface area (Å²) in [6.07, 6.45) is 0. The Balaban J connectivity index is 1.93. The Morgan fingerprint density at radius 1 is 1.15 bits per heavy atom. The lowest BCUT2D eigenvalue weighted by atomic mass is 10.0. The molecule has 0 aliphatic carbocycles. The normalized spacial score (nSPS) is 17.1. The van der Waals surface area contributed by atoms with Crippen LogP contribution in [-0.2, 0) is 14.3 Å². The Morgan fingerprint density at radius 2 is 1.77 bits per heavy atom. The molecule has 0 aromatic heterocycles. The minimum Gasteiger partial charge on any atom is -0.468 e. The maximum absolute atomic E-state index is 12.3. The van der Waals surface area contributed by atoms with Crippen LogP contribution in [0.2, 0.25) is 5.02 Å². The quantitative estimate of drug-likeness (QED) is 0.731. The van der Waals surface area contributed by atoms with Gasteiger partial charge in [-0.3, -0.25) is 14.6 Å². The van der Waals surface area contributed by atoms with E-state index in [1.54, 1.807) is 12.1 Å². The minimum absolute atomic E-state index is 0.0503. The Hall–Kier alpha value is -1.63. The number of methoxy groups -OCH3 is 1. The van der Waals surface area contributed by atoms with Crippen molar-refractivity contribution in [3.63, 3.8) is 0 Å². The highest BCUT2D eigenvalue weighted by atomic mass is 35.5. The first kappa shape index (κ1) is 20.7. The van der Waals surface area contributed by atoms with Gasteiger partial charge in [-0.2, -0.15) is 0 Å². The smallest absolute Gasteiger partial charge is 0.327 e. The van der Waals surface area contributed by atoms with Crippen molar-refractivity contribution in [2.24, 2.45) is 5.92 Å². The van der Waals surface area contributed by atoms with Gasteiger partial charge in [0.05, 0.1) is 13.7 Å². The molecule has 1 saturated heterocycles. The van der Waals surface area contributed by atoms with E-state index in [0.29, 0.717) is 37.1 Å². The van der Waals surface area contributed by atoms with E-state index in [4.69, 9.17) is 16.3 Å². The molecule has 6 nitrogen and oxygen atoms in total. The van der Waals surface area contributed by atoms with Crippen molar-refractivity contribution in [2.45, 2.75) is 19.9 Å². The lowest BCUT2D eigenvalue weighted by Gasteiger charge is -2.38. The van der Waals surface area contributed by atoms with E-state index in [-0.39, 0.29) is 11.9 Å². The number of halogens is 1. The van der Waals surface area contributed by atoms with Gasteiger partial charge in [-0.05, 0) is 23.6 Å². The van der Waals surface area contributed by atoms with Gasteiger partial charge in [0.25, 0.3) is 0 Å². The van der Waals surface area contributed by atoms with Gasteiger partial charge < -0.3 is 10.1 Å². The van der Waals surface area contributed by atoms with Gasteiger partial charge in [0.15, 0.2) is 0 Å². The maximum Gasteiger partial charge on any atom is 0.327 e. The molecule has 1 aliphatic rings. The molecule has 1 N–H and O–H groups in total. The van der Waals surface area contributed by atoms with Crippen LogP contribution in [0, 0.1) is 5.92 Å². The fourth-order valence-electron chi connectivity index (χ4n) is 3.01. The van der Waals surface area contributed by atoms with Gasteiger partial charge in [0, 0.05) is 37.7 Å². The van der Waals surface area contributed by atoms with Crippen LogP contribution in [0.15, 0.2) is 24.3 Å². The molecule has 0 radical (unpaired) electrons. The maximum atomic E-state index is 12.3. The number of carbonyl (C=O) groups excluding carboxylic acids is 2. The summed E-state index contributed by atoms with van der Waals surface area (Å²) in [6.45, 7) is 8.09. The first-order chi connectivity index (χ1) is 12.4. The van der Waals surface area contributed by atoms with E-state index in [0.717, 1.165) is 18.7 Å². The van der Waals surface area contributed by atoms with Gasteiger partial charge in [0.2, 0.25) is 5.91 Å². The molecule has 2 rings (SSSR count). The Kier molecular flexibility index (Phi) is 7.87. The number of esters is 1. The van der Waals surface area contributed by atoms with Crippen molar-refractivity contribution >= 4 is 23.5 Å². The van der Waals surface area contributed by atoms with Crippen molar-refractivity contribution in [3.8, 4) is 0 Å². The lowest BCUT2D eigenvalue weighted by Crippen LogP contribution is -2.51. The van der Waals surface area contributed by atoms with E-state index in [1.165, 1.54) is 7.11 Å². The van der Waals surface area contributed by atoms with E-state index < -0.39 is 6.04 Å². The molecule has 1 heterocycles. The molecule has 0 spiro atoms. The van der Waals surface area contributed by atoms with Crippen molar-refractivity contribution in [3.05, 3.63) is 34.9 Å². The molecule has 144 valence electrons. The highest BCUT2D eigenvalue weighted by Gasteiger charge is 2.31. The summed E-state index contributed by atoms with van der Waals surface area (Å²) in [6, 6.07) is 6.82. The molecule has 1 aliphatic heterocycles. The SMILES string of the molecule is COC(=O)C(c1ccc(Cl)cc1)N1CCN(CC(=O)NCC(C)C)CC1. The van der Waals surface area contributed by atoms with Crippen LogP contribution in [0.5, 0.6) is 0 Å². The molecular weight excluding hydrogens is 354 g/mol. The highest BCUT2D eigenvalue weighted by Crippen LogP contribution is 2.25. The number of ether oxygens (including phenoxy) is 1. The summed E-state index contributed by atoms with van der Waals surface area (Å²) in [5.74, 6) is 0.209. The molecule has 1 atom stereocenters. The Morgan fingerprint density at radius 3 is 2.31 bits per heavy atom. The van der Waals surface area contributed by atoms with Gasteiger partial charge in [-0.1, -0.05) is 37.6 Å². The average molecular weight is 382 g/mol. The molecule has 1 aromatic rings. The molecule has 26 heavy (non-hydrogen) atoms. The van der Waals surface area contributed by atoms with Gasteiger partial charge in [-0.25, -0.2) is 4.79 Å². The lowest BCUT2D eigenvalue weighted by molar-refractivity contribution is -0.148. The zero-order chi connectivity index (χ0) is 19.1. The van der Waals surface area contributed by atoms with Crippen LogP contribution in [0.1, 0.15) is 25.5 Å². The van der Waals surface area contributed by atoms with Crippen molar-refractivity contribution in [1.29, 1.82) is 0 Å². The first-order valence-electron chi connectivity index (χ1n) is 8.97. The second-order valence-electron chi connectivity index (χ2n) is 6.99. The third-order valence-corrected chi connectivity index (χ3v) is 4.71. The fraction of sp³-hybridized carbons (Fsp3) is 0.579. The third-order valence-electron chi connectivity index (χ3n) is 4.46. The molecule has 1 fully saturated rings. The zero-order valence-electron chi connectivity index (χ0n) is 15.7. The van der Waals surface area contributed by atoms with Crippen molar-refractivity contribution in [1.82, 2.24) is 15.1 Å². The molecule has 1 amide bonds. The number of piperazine rings is 1. The van der Waals surface area contributed by atoms with Crippen LogP contribution in [0.3, 0.4) is 0 Å². The van der Waals surface area contributed by atoms with E-state index in [1.807, 2.05) is 12.1 Å². The molecule has 1 aromatic carbocycles. The van der Waals surface area contributed by atoms with Crippen LogP contribution < -0.4 is 5.32 Å². The monoisotopic (exact) mass is 381 g/mol. The second-order valence-corrected chi connectivity index (χ2v) is 7.42. The zero-order valence-corrected chi connectivity index (χ0v) is 16.5. The van der Waals surface area contributed by atoms with E-state index in [9.17, 15) is 9.59 Å². The summed E-state index contributed by atoms with van der Waals surface area (Å²) in [5.41, 5.74) is 0.865. The number of rotatable bonds is 7. The third kappa shape index (κ3) is 5.97. The molecule has 1 unspecified atom stereocenters. The van der Waals surface area contributed by atoms with Gasteiger partial charge in [-0.15, -0.1) is 0 Å². The molecule has 0 bridgehead atoms. The summed E-state index contributed by atoms with van der Waals surface area (Å²) in [7, 11) is 1.40. The van der Waals surface area contributed by atoms with Crippen molar-refractivity contribution < 1.29 is 14.3 Å². The fourth-order valence-corrected chi connectivity index (χ4v) is 3.14. The number of nitrogens with one attached hydrogen (secondary N) is 1. The predicted octanol–water partition coefficient (Wildman–Crippen LogP) is 1.94. The minimum atomic E-state index is -0.450. The average Bonchev–Trinajstić information content (AvgIpc) is 2.63. The largest absolute Gasteiger partial charge is 0.468 e. The number of carbonyl (C=O) groups is 2. The van der Waals surface area contributed by atoms with Gasteiger partial charge >= 0.3 is 5.97 Å². The second kappa shape index (κ2) is 9.90. The summed E-state index contributed by atoms with van der Waals surface area (Å²) in [5, 5.41) is 3.57. The first-order valence-corrected chi connectivity index (χ1v) is 9.35. The number of hydrogen-bond acceptors (Lipinski definition) is 5. The van der Waals surface area contributed by atoms with Crippen molar-refractivity contribution in [2.75, 3.05) is 46.4 Å². The molecular formula is C19H28ClN3O3. The topological polar surface area (TPSA) is 61.9 Å². The predicted molar refractivity (Wildman–Crippen MR) is 102 cm³/mol. The number of amides is 1. The Labute approximate surface area is 160 Å². The summed E-state index contributed by atoms with van der Waals surface area (Å²) in [4.78, 5) is 28.5. The van der Waals surface area contributed by atoms with Crippen LogP contribution in [-0.4, -0.2) is 68.1 Å². The molecule has 7 heteroatoms. The van der Waals surface area contributed by atoms with Crippen LogP contribution >= 0.6 is 11.6 Å². The van der Waals surface area contributed by atoms with Gasteiger partial charge in [0.1, 0.15) is 6.04 Å².